The van der Waals surface area contributed by atoms with Gasteiger partial charge in [0.05, 0.1) is 19.4 Å². The third kappa shape index (κ3) is 13.1. The fraction of sp³-hybridized carbons (Fsp3) is 0.545. The number of aromatic nitrogens is 2. The molecule has 8 nitrogen and oxygen atoms in total. The van der Waals surface area contributed by atoms with Crippen molar-refractivity contribution in [2.24, 2.45) is 0 Å². The smallest absolute Gasteiger partial charge is 0.534 e. The molecule has 3 N–H and O–H groups in total. The summed E-state index contributed by atoms with van der Waals surface area (Å²) in [6.07, 6.45) is 12.6. The van der Waals surface area contributed by atoms with Crippen LogP contribution in [0.4, 0.5) is 5.82 Å². The number of rotatable bonds is 15. The van der Waals surface area contributed by atoms with E-state index in [1.165, 1.54) is 36.8 Å². The third-order valence-electron chi connectivity index (χ3n) is 6.60. The average Bonchev–Trinajstić information content (AvgIpc) is 3.48. The van der Waals surface area contributed by atoms with Crippen LogP contribution in [0.15, 0.2) is 48.7 Å². The third-order valence-corrected chi connectivity index (χ3v) is 6.60. The zero-order chi connectivity index (χ0) is 29.2. The van der Waals surface area contributed by atoms with Crippen molar-refractivity contribution in [3.05, 3.63) is 65.3 Å². The normalized spacial score (nSPS) is 12.1. The molecule has 1 heterocycles. The van der Waals surface area contributed by atoms with Crippen molar-refractivity contribution in [2.45, 2.75) is 80.1 Å². The van der Waals surface area contributed by atoms with Gasteiger partial charge >= 0.3 is 51.4 Å². The van der Waals surface area contributed by atoms with Gasteiger partial charge in [-0.25, -0.2) is 0 Å². The average molecular weight is 608 g/mol. The molecule has 1 fully saturated rings. The van der Waals surface area contributed by atoms with Gasteiger partial charge in [0.15, 0.2) is 17.3 Å². The van der Waals surface area contributed by atoms with Gasteiger partial charge in [-0.1, -0.05) is 58.1 Å². The second-order valence-corrected chi connectivity index (χ2v) is 9.81. The van der Waals surface area contributed by atoms with Crippen LogP contribution >= 0.6 is 0 Å². The molecule has 0 radical (unpaired) electrons. The fourth-order valence-electron chi connectivity index (χ4n) is 4.06. The Hall–Kier alpha value is -1.43. The van der Waals surface area contributed by atoms with Crippen molar-refractivity contribution >= 4 is 5.82 Å². The molecule has 1 saturated carbocycles. The first kappa shape index (κ1) is 40.6. The number of hydrogen-bond donors (Lipinski definition) is 3. The van der Waals surface area contributed by atoms with Crippen LogP contribution in [0.1, 0.15) is 84.8 Å². The molecular formula is C33H54KN5O3. The SMILES string of the molecule is C.C/C=C\C(Nc1n[nH]c2c1Cc1cc(OCCCO[N-]CCCNCC)c(OC)cc1-2)=C(C)C.C1CCC1.C=C.[K+]. The Morgan fingerprint density at radius 2 is 1.81 bits per heavy atom. The molecule has 2 aromatic rings. The minimum absolute atomic E-state index is 0. The zero-order valence-corrected chi connectivity index (χ0v) is 29.5. The van der Waals surface area contributed by atoms with Gasteiger partial charge in [-0.3, -0.25) is 5.10 Å². The minimum Gasteiger partial charge on any atom is -0.534 e. The maximum absolute atomic E-state index is 6.03. The maximum atomic E-state index is 6.03. The number of ether oxygens (including phenoxy) is 2. The Morgan fingerprint density at radius 1 is 1.10 bits per heavy atom. The monoisotopic (exact) mass is 607 g/mol. The van der Waals surface area contributed by atoms with Gasteiger partial charge in [0.25, 0.3) is 0 Å². The summed E-state index contributed by atoms with van der Waals surface area (Å²) in [6, 6.07) is 4.11. The molecule has 1 aromatic carbocycles. The number of anilines is 1. The number of allylic oxidation sites excluding steroid dienone is 3. The standard InChI is InChI=1S/C26H38N5O3.C4H8.C2H4.CH4.K/c1-6-10-22(18(3)4)29-26-21-15-19-16-24(23(32-5)17-20(19)25(21)30-31-26)33-13-9-14-34-28-12-8-11-27-7-2;1-2-4-3-1;1-2;;/h6,10,16-17,27H,7-9,11-15H2,1-5H3,(H2,29,30,31);1-4H2;1-2H2;1H4;/q-1;;;;+1/b10-6-;;;;. The number of nitrogens with zero attached hydrogens (tertiary/aromatic N) is 2. The van der Waals surface area contributed by atoms with E-state index in [1.54, 1.807) is 7.11 Å². The van der Waals surface area contributed by atoms with E-state index in [9.17, 15) is 0 Å². The number of hydrogen-bond acceptors (Lipinski definition) is 6. The molecule has 0 unspecified atom stereocenters. The minimum atomic E-state index is 0. The van der Waals surface area contributed by atoms with Gasteiger partial charge in [-0.05, 0) is 57.6 Å². The van der Waals surface area contributed by atoms with Crippen LogP contribution in [0.2, 0.25) is 0 Å². The Labute approximate surface area is 297 Å². The van der Waals surface area contributed by atoms with E-state index in [1.807, 2.05) is 19.1 Å². The van der Waals surface area contributed by atoms with Crippen molar-refractivity contribution < 1.29 is 65.7 Å². The van der Waals surface area contributed by atoms with E-state index in [0.717, 1.165) is 66.4 Å². The van der Waals surface area contributed by atoms with Crippen molar-refractivity contribution in [1.82, 2.24) is 15.5 Å². The molecule has 1 aromatic heterocycles. The molecule has 9 heteroatoms. The topological polar surface area (TPSA) is 94.5 Å². The van der Waals surface area contributed by atoms with E-state index >= 15 is 0 Å². The second kappa shape index (κ2) is 24.0. The molecule has 0 atom stereocenters. The van der Waals surface area contributed by atoms with Gasteiger partial charge in [-0.2, -0.15) is 5.10 Å². The number of fused-ring (bicyclic) bond motifs is 3. The predicted octanol–water partition coefficient (Wildman–Crippen LogP) is 5.35. The molecule has 2 aliphatic carbocycles. The van der Waals surface area contributed by atoms with E-state index in [4.69, 9.17) is 14.3 Å². The summed E-state index contributed by atoms with van der Waals surface area (Å²) in [5.74, 6) is 2.31. The Bertz CT molecular complexity index is 1070. The van der Waals surface area contributed by atoms with Gasteiger partial charge in [0, 0.05) is 36.3 Å². The van der Waals surface area contributed by atoms with E-state index in [2.05, 4.69) is 72.4 Å². The summed E-state index contributed by atoms with van der Waals surface area (Å²) < 4.78 is 11.6. The zero-order valence-electron chi connectivity index (χ0n) is 26.3. The van der Waals surface area contributed by atoms with Crippen LogP contribution < -0.4 is 71.5 Å². The quantitative estimate of drug-likeness (QED) is 0.0709. The summed E-state index contributed by atoms with van der Waals surface area (Å²) in [6.45, 7) is 18.0. The van der Waals surface area contributed by atoms with Gasteiger partial charge in [-0.15, -0.1) is 19.7 Å². The van der Waals surface area contributed by atoms with Crippen LogP contribution in [-0.4, -0.2) is 50.2 Å². The Morgan fingerprint density at radius 3 is 2.40 bits per heavy atom. The number of aromatic amines is 1. The van der Waals surface area contributed by atoms with Crippen LogP contribution in [0.5, 0.6) is 11.5 Å². The molecule has 0 spiro atoms. The van der Waals surface area contributed by atoms with E-state index in [-0.39, 0.29) is 58.8 Å². The van der Waals surface area contributed by atoms with Crippen molar-refractivity contribution in [1.29, 1.82) is 0 Å². The molecule has 230 valence electrons. The Balaban J connectivity index is 0.00000190. The van der Waals surface area contributed by atoms with E-state index < -0.39 is 0 Å². The number of nitrogens with one attached hydrogen (secondary N) is 3. The fourth-order valence-corrected chi connectivity index (χ4v) is 4.06. The predicted molar refractivity (Wildman–Crippen MR) is 174 cm³/mol. The number of benzene rings is 1. The van der Waals surface area contributed by atoms with Crippen LogP contribution in [0.25, 0.3) is 16.7 Å². The molecule has 0 amide bonds. The molecule has 42 heavy (non-hydrogen) atoms. The van der Waals surface area contributed by atoms with Crippen LogP contribution in [0, 0.1) is 0 Å². The summed E-state index contributed by atoms with van der Waals surface area (Å²) in [5, 5.41) is 14.5. The molecule has 4 rings (SSSR count). The number of hydroxylamine groups is 1. The van der Waals surface area contributed by atoms with Crippen molar-refractivity contribution in [2.75, 3.05) is 45.3 Å². The summed E-state index contributed by atoms with van der Waals surface area (Å²) >= 11 is 0. The maximum Gasteiger partial charge on any atom is 1.00 e. The first-order chi connectivity index (χ1) is 19.6. The molecular weight excluding hydrogens is 553 g/mol. The first-order valence-corrected chi connectivity index (χ1v) is 14.6. The number of H-pyrrole nitrogens is 1. The van der Waals surface area contributed by atoms with Gasteiger partial charge < -0.3 is 30.4 Å². The molecule has 0 aliphatic heterocycles. The number of methoxy groups -OCH3 is 1. The second-order valence-electron chi connectivity index (χ2n) is 9.81. The van der Waals surface area contributed by atoms with Crippen LogP contribution in [0.3, 0.4) is 0 Å². The van der Waals surface area contributed by atoms with Gasteiger partial charge in [0.2, 0.25) is 0 Å². The van der Waals surface area contributed by atoms with Crippen molar-refractivity contribution in [3.8, 4) is 22.8 Å². The first-order valence-electron chi connectivity index (χ1n) is 14.6. The van der Waals surface area contributed by atoms with Crippen LogP contribution in [-0.2, 0) is 11.3 Å². The molecule has 0 bridgehead atoms. The Kier molecular flexibility index (Phi) is 23.1. The summed E-state index contributed by atoms with van der Waals surface area (Å²) in [4.78, 5) is 5.35. The summed E-state index contributed by atoms with van der Waals surface area (Å²) in [7, 11) is 1.66. The molecule has 2 aliphatic rings. The molecule has 0 saturated heterocycles. The summed E-state index contributed by atoms with van der Waals surface area (Å²) in [5.41, 5.74) is 10.8. The van der Waals surface area contributed by atoms with Crippen molar-refractivity contribution in [3.63, 3.8) is 0 Å². The largest absolute Gasteiger partial charge is 1.00 e. The van der Waals surface area contributed by atoms with E-state index in [0.29, 0.717) is 25.5 Å². The van der Waals surface area contributed by atoms with Gasteiger partial charge in [0.1, 0.15) is 0 Å².